The predicted octanol–water partition coefficient (Wildman–Crippen LogP) is 2.09. The molecule has 2 fully saturated rings. The van der Waals surface area contributed by atoms with Crippen molar-refractivity contribution < 1.29 is 9.90 Å². The molecule has 1 atom stereocenters. The molecule has 0 spiro atoms. The highest BCUT2D eigenvalue weighted by atomic mass is 16.3. The molecule has 4 rings (SSSR count). The van der Waals surface area contributed by atoms with Gasteiger partial charge >= 0.3 is 0 Å². The van der Waals surface area contributed by atoms with Gasteiger partial charge in [0.2, 0.25) is 0 Å². The fourth-order valence-corrected chi connectivity index (χ4v) is 5.02. The maximum absolute atomic E-state index is 13.0. The molecule has 2 aliphatic heterocycles. The number of rotatable bonds is 5. The van der Waals surface area contributed by atoms with Crippen molar-refractivity contribution in [2.45, 2.75) is 69.9 Å². The molecule has 1 aromatic rings. The topological polar surface area (TPSA) is 72.5 Å². The zero-order valence-corrected chi connectivity index (χ0v) is 15.8. The third kappa shape index (κ3) is 3.81. The molecule has 1 unspecified atom stereocenters. The number of aromatic amines is 1. The van der Waals surface area contributed by atoms with Crippen LogP contribution in [0.5, 0.6) is 0 Å². The number of fused-ring (bicyclic) bond motifs is 1. The maximum Gasteiger partial charge on any atom is 0.255 e. The van der Waals surface area contributed by atoms with Gasteiger partial charge in [0.25, 0.3) is 5.91 Å². The second-order valence-corrected chi connectivity index (χ2v) is 8.55. The van der Waals surface area contributed by atoms with Crippen LogP contribution in [0.3, 0.4) is 0 Å². The van der Waals surface area contributed by atoms with Crippen molar-refractivity contribution in [1.82, 2.24) is 20.0 Å². The van der Waals surface area contributed by atoms with Crippen molar-refractivity contribution in [3.8, 4) is 0 Å². The maximum atomic E-state index is 13.0. The summed E-state index contributed by atoms with van der Waals surface area (Å²) in [5.41, 5.74) is 1.17. The van der Waals surface area contributed by atoms with E-state index in [0.29, 0.717) is 13.0 Å². The molecule has 0 aromatic carbocycles. The molecule has 1 saturated heterocycles. The van der Waals surface area contributed by atoms with Gasteiger partial charge in [-0.05, 0) is 25.2 Å². The van der Waals surface area contributed by atoms with Crippen molar-refractivity contribution in [2.24, 2.45) is 5.92 Å². The number of nitrogens with one attached hydrogen (secondary N) is 1. The summed E-state index contributed by atoms with van der Waals surface area (Å²) in [6, 6.07) is 0. The largest absolute Gasteiger partial charge is 0.379 e. The van der Waals surface area contributed by atoms with Crippen LogP contribution >= 0.6 is 0 Å². The number of H-pyrrole nitrogens is 1. The molecular weight excluding hydrogens is 328 g/mol. The molecule has 0 bridgehead atoms. The van der Waals surface area contributed by atoms with Crippen LogP contribution < -0.4 is 0 Å². The van der Waals surface area contributed by atoms with Crippen LogP contribution in [0.1, 0.15) is 62.6 Å². The lowest BCUT2D eigenvalue weighted by atomic mass is 9.86. The minimum absolute atomic E-state index is 0.0439. The first kappa shape index (κ1) is 18.0. The Morgan fingerprint density at radius 2 is 2.08 bits per heavy atom. The van der Waals surface area contributed by atoms with Crippen molar-refractivity contribution in [2.75, 3.05) is 26.2 Å². The average molecular weight is 361 g/mol. The molecule has 26 heavy (non-hydrogen) atoms. The Labute approximate surface area is 155 Å². The van der Waals surface area contributed by atoms with Gasteiger partial charge < -0.3 is 10.0 Å². The number of β-amino-alcohol motifs (C(OH)–C–C–N with tert-alkyl or cyclic N) is 1. The smallest absolute Gasteiger partial charge is 0.255 e. The van der Waals surface area contributed by atoms with Crippen LogP contribution in [0.25, 0.3) is 0 Å². The van der Waals surface area contributed by atoms with Gasteiger partial charge in [-0.1, -0.05) is 32.1 Å². The van der Waals surface area contributed by atoms with Crippen molar-refractivity contribution in [3.05, 3.63) is 17.5 Å². The van der Waals surface area contributed by atoms with Crippen LogP contribution in [0.15, 0.2) is 6.20 Å². The number of likely N-dealkylation sites (tertiary alicyclic amines) is 1. The number of carbonyl (C=O) groups excluding carboxylic acids is 1. The molecule has 1 amide bonds. The summed E-state index contributed by atoms with van der Waals surface area (Å²) in [6.45, 7) is 3.70. The van der Waals surface area contributed by atoms with E-state index >= 15 is 0 Å². The standard InChI is InChI=1S/C20H32N4O2/c25-19-20(26,15-23-11-8-18-17(14-23)13-21-22-18)9-4-10-24(19)12-7-16-5-2-1-3-6-16/h13,16,26H,1-12,14-15H2,(H,21,22). The molecule has 1 aliphatic carbocycles. The minimum atomic E-state index is -1.22. The Morgan fingerprint density at radius 1 is 1.23 bits per heavy atom. The SMILES string of the molecule is O=C1N(CCC2CCCCC2)CCCC1(O)CN1CCc2[nH]ncc2C1. The molecule has 6 heteroatoms. The number of hydrogen-bond acceptors (Lipinski definition) is 4. The summed E-state index contributed by atoms with van der Waals surface area (Å²) in [7, 11) is 0. The van der Waals surface area contributed by atoms with Gasteiger partial charge in [0.1, 0.15) is 0 Å². The van der Waals surface area contributed by atoms with E-state index in [9.17, 15) is 9.90 Å². The van der Waals surface area contributed by atoms with Gasteiger partial charge in [-0.15, -0.1) is 0 Å². The summed E-state index contributed by atoms with van der Waals surface area (Å²) in [5.74, 6) is 0.728. The molecule has 1 saturated carbocycles. The highest BCUT2D eigenvalue weighted by Crippen LogP contribution is 2.29. The van der Waals surface area contributed by atoms with E-state index in [4.69, 9.17) is 0 Å². The normalized spacial score (nSPS) is 28.3. The minimum Gasteiger partial charge on any atom is -0.379 e. The molecular formula is C20H32N4O2. The number of aromatic nitrogens is 2. The number of piperidine rings is 1. The quantitative estimate of drug-likeness (QED) is 0.843. The number of hydrogen-bond donors (Lipinski definition) is 2. The van der Waals surface area contributed by atoms with E-state index in [1.807, 2.05) is 11.1 Å². The van der Waals surface area contributed by atoms with Crippen molar-refractivity contribution >= 4 is 5.91 Å². The molecule has 0 radical (unpaired) electrons. The van der Waals surface area contributed by atoms with Crippen LogP contribution in [-0.2, 0) is 17.8 Å². The predicted molar refractivity (Wildman–Crippen MR) is 99.5 cm³/mol. The Morgan fingerprint density at radius 3 is 2.92 bits per heavy atom. The van der Waals surface area contributed by atoms with E-state index in [2.05, 4.69) is 15.1 Å². The lowest BCUT2D eigenvalue weighted by Crippen LogP contribution is -2.59. The molecule has 3 aliphatic rings. The van der Waals surface area contributed by atoms with Crippen molar-refractivity contribution in [3.63, 3.8) is 0 Å². The Hall–Kier alpha value is -1.40. The average Bonchev–Trinajstić information content (AvgIpc) is 3.12. The third-order valence-electron chi connectivity index (χ3n) is 6.60. The summed E-state index contributed by atoms with van der Waals surface area (Å²) in [4.78, 5) is 17.2. The van der Waals surface area contributed by atoms with Gasteiger partial charge in [0.05, 0.1) is 6.20 Å². The van der Waals surface area contributed by atoms with E-state index in [1.54, 1.807) is 0 Å². The van der Waals surface area contributed by atoms with Gasteiger partial charge in [-0.25, -0.2) is 0 Å². The van der Waals surface area contributed by atoms with Gasteiger partial charge in [-0.3, -0.25) is 14.8 Å². The monoisotopic (exact) mass is 360 g/mol. The zero-order valence-electron chi connectivity index (χ0n) is 15.8. The Kier molecular flexibility index (Phi) is 5.32. The van der Waals surface area contributed by atoms with E-state index in [-0.39, 0.29) is 5.91 Å². The summed E-state index contributed by atoms with van der Waals surface area (Å²) in [6.07, 6.45) is 12.0. The number of aliphatic hydroxyl groups is 1. The molecule has 2 N–H and O–H groups in total. The number of amides is 1. The van der Waals surface area contributed by atoms with E-state index in [0.717, 1.165) is 51.4 Å². The first-order chi connectivity index (χ1) is 12.6. The van der Waals surface area contributed by atoms with Crippen LogP contribution in [0.4, 0.5) is 0 Å². The first-order valence-corrected chi connectivity index (χ1v) is 10.4. The van der Waals surface area contributed by atoms with Gasteiger partial charge in [0.15, 0.2) is 5.60 Å². The zero-order chi connectivity index (χ0) is 18.0. The first-order valence-electron chi connectivity index (χ1n) is 10.4. The van der Waals surface area contributed by atoms with Crippen LogP contribution in [-0.4, -0.2) is 62.8 Å². The molecule has 3 heterocycles. The van der Waals surface area contributed by atoms with Gasteiger partial charge in [0, 0.05) is 50.4 Å². The Balaban J connectivity index is 1.34. The molecule has 1 aromatic heterocycles. The van der Waals surface area contributed by atoms with E-state index < -0.39 is 5.60 Å². The van der Waals surface area contributed by atoms with Crippen molar-refractivity contribution in [1.29, 1.82) is 0 Å². The number of nitrogens with zero attached hydrogens (tertiary/aromatic N) is 3. The highest BCUT2D eigenvalue weighted by Gasteiger charge is 2.43. The van der Waals surface area contributed by atoms with Crippen LogP contribution in [0, 0.1) is 5.92 Å². The Bertz CT molecular complexity index is 625. The second kappa shape index (κ2) is 7.69. The van der Waals surface area contributed by atoms with Crippen LogP contribution in [0.2, 0.25) is 0 Å². The third-order valence-corrected chi connectivity index (χ3v) is 6.60. The van der Waals surface area contributed by atoms with E-state index in [1.165, 1.54) is 43.4 Å². The second-order valence-electron chi connectivity index (χ2n) is 8.55. The fraction of sp³-hybridized carbons (Fsp3) is 0.800. The molecule has 144 valence electrons. The van der Waals surface area contributed by atoms with Gasteiger partial charge in [-0.2, -0.15) is 5.10 Å². The molecule has 6 nitrogen and oxygen atoms in total. The summed E-state index contributed by atoms with van der Waals surface area (Å²) in [5, 5.41) is 18.3. The summed E-state index contributed by atoms with van der Waals surface area (Å²) >= 11 is 0. The highest BCUT2D eigenvalue weighted by molar-refractivity contribution is 5.86. The lowest BCUT2D eigenvalue weighted by molar-refractivity contribution is -0.160. The fourth-order valence-electron chi connectivity index (χ4n) is 5.02. The number of carbonyl (C=O) groups is 1. The summed E-state index contributed by atoms with van der Waals surface area (Å²) < 4.78 is 0. The lowest BCUT2D eigenvalue weighted by Gasteiger charge is -2.42.